The molecule has 1 aromatic heterocycles. The Hall–Kier alpha value is -2.04. The molecule has 3 rings (SSSR count). The minimum absolute atomic E-state index is 0.0961. The lowest BCUT2D eigenvalue weighted by Crippen LogP contribution is -2.48. The topological polar surface area (TPSA) is 76.5 Å². The first-order valence-electron chi connectivity index (χ1n) is 8.33. The van der Waals surface area contributed by atoms with Crippen molar-refractivity contribution in [2.45, 2.75) is 45.1 Å². The van der Waals surface area contributed by atoms with E-state index in [9.17, 15) is 9.59 Å². The first kappa shape index (κ1) is 15.8. The number of carbonyl (C=O) groups is 2. The van der Waals surface area contributed by atoms with Gasteiger partial charge in [0.25, 0.3) is 0 Å². The van der Waals surface area contributed by atoms with Crippen LogP contribution in [0.3, 0.4) is 0 Å². The summed E-state index contributed by atoms with van der Waals surface area (Å²) < 4.78 is 5.77. The van der Waals surface area contributed by atoms with E-state index >= 15 is 0 Å². The van der Waals surface area contributed by atoms with Gasteiger partial charge in [-0.15, -0.1) is 0 Å². The zero-order valence-electron chi connectivity index (χ0n) is 13.7. The SMILES string of the molecule is C[C@@H]1C[C@@H]1c1ccc(/C=C/C(=O)N2C[C@H](C(N)=O)CC[C@@H]2C)o1. The lowest BCUT2D eigenvalue weighted by atomic mass is 9.93. The van der Waals surface area contributed by atoms with Gasteiger partial charge in [-0.05, 0) is 50.3 Å². The van der Waals surface area contributed by atoms with Crippen LogP contribution in [0.4, 0.5) is 0 Å². The Kier molecular flexibility index (Phi) is 4.28. The number of piperidine rings is 1. The van der Waals surface area contributed by atoms with Crippen molar-refractivity contribution in [3.63, 3.8) is 0 Å². The van der Waals surface area contributed by atoms with Gasteiger partial charge >= 0.3 is 0 Å². The molecule has 2 aliphatic rings. The second kappa shape index (κ2) is 6.22. The van der Waals surface area contributed by atoms with Crippen LogP contribution in [0.5, 0.6) is 0 Å². The van der Waals surface area contributed by atoms with Crippen LogP contribution in [0.25, 0.3) is 6.08 Å². The molecule has 2 N–H and O–H groups in total. The highest BCUT2D eigenvalue weighted by Gasteiger charge is 2.36. The molecule has 1 aliphatic carbocycles. The van der Waals surface area contributed by atoms with Crippen LogP contribution in [0.2, 0.25) is 0 Å². The van der Waals surface area contributed by atoms with E-state index in [-0.39, 0.29) is 23.8 Å². The predicted molar refractivity (Wildman–Crippen MR) is 87.4 cm³/mol. The van der Waals surface area contributed by atoms with E-state index in [1.807, 2.05) is 19.1 Å². The average Bonchev–Trinajstić information content (AvgIpc) is 3.07. The number of hydrogen-bond donors (Lipinski definition) is 1. The molecule has 23 heavy (non-hydrogen) atoms. The summed E-state index contributed by atoms with van der Waals surface area (Å²) in [5, 5.41) is 0. The molecule has 5 heteroatoms. The fourth-order valence-electron chi connectivity index (χ4n) is 3.27. The van der Waals surface area contributed by atoms with Crippen LogP contribution in [0.1, 0.15) is 50.5 Å². The number of nitrogens with zero attached hydrogens (tertiary/aromatic N) is 1. The van der Waals surface area contributed by atoms with E-state index < -0.39 is 0 Å². The molecule has 2 heterocycles. The summed E-state index contributed by atoms with van der Waals surface area (Å²) in [5.74, 6) is 2.27. The van der Waals surface area contributed by atoms with Crippen molar-refractivity contribution in [2.75, 3.05) is 6.54 Å². The van der Waals surface area contributed by atoms with Gasteiger partial charge in [0.15, 0.2) is 0 Å². The molecular formula is C18H24N2O3. The van der Waals surface area contributed by atoms with Crippen LogP contribution < -0.4 is 5.73 Å². The van der Waals surface area contributed by atoms with Gasteiger partial charge in [0.2, 0.25) is 11.8 Å². The molecule has 1 aromatic rings. The van der Waals surface area contributed by atoms with Crippen molar-refractivity contribution in [3.05, 3.63) is 29.7 Å². The Labute approximate surface area is 136 Å². The van der Waals surface area contributed by atoms with Crippen LogP contribution in [-0.4, -0.2) is 29.3 Å². The van der Waals surface area contributed by atoms with Crippen molar-refractivity contribution in [1.82, 2.24) is 4.90 Å². The minimum atomic E-state index is -0.326. The maximum absolute atomic E-state index is 12.4. The lowest BCUT2D eigenvalue weighted by molar-refractivity contribution is -0.133. The lowest BCUT2D eigenvalue weighted by Gasteiger charge is -2.36. The maximum Gasteiger partial charge on any atom is 0.246 e. The van der Waals surface area contributed by atoms with E-state index in [1.165, 1.54) is 12.5 Å². The Bertz CT molecular complexity index is 634. The molecule has 2 fully saturated rings. The van der Waals surface area contributed by atoms with Crippen molar-refractivity contribution in [2.24, 2.45) is 17.6 Å². The van der Waals surface area contributed by atoms with Gasteiger partial charge in [0, 0.05) is 24.6 Å². The fourth-order valence-corrected chi connectivity index (χ4v) is 3.27. The molecule has 0 spiro atoms. The second-order valence-electron chi connectivity index (χ2n) is 6.91. The normalized spacial score (nSPS) is 30.6. The first-order chi connectivity index (χ1) is 11.0. The number of nitrogens with two attached hydrogens (primary N) is 1. The quantitative estimate of drug-likeness (QED) is 0.867. The van der Waals surface area contributed by atoms with Gasteiger partial charge in [-0.3, -0.25) is 9.59 Å². The van der Waals surface area contributed by atoms with E-state index in [0.29, 0.717) is 24.1 Å². The monoisotopic (exact) mass is 316 g/mol. The van der Waals surface area contributed by atoms with E-state index in [2.05, 4.69) is 6.92 Å². The first-order valence-corrected chi connectivity index (χ1v) is 8.33. The van der Waals surface area contributed by atoms with E-state index in [1.54, 1.807) is 11.0 Å². The van der Waals surface area contributed by atoms with Gasteiger partial charge in [-0.1, -0.05) is 6.92 Å². The van der Waals surface area contributed by atoms with Crippen LogP contribution >= 0.6 is 0 Å². The summed E-state index contributed by atoms with van der Waals surface area (Å²) in [5.41, 5.74) is 5.38. The molecule has 4 atom stereocenters. The Morgan fingerprint density at radius 3 is 2.70 bits per heavy atom. The third-order valence-corrected chi connectivity index (χ3v) is 5.08. The highest BCUT2D eigenvalue weighted by Crippen LogP contribution is 2.47. The van der Waals surface area contributed by atoms with Crippen molar-refractivity contribution in [3.8, 4) is 0 Å². The summed E-state index contributed by atoms with van der Waals surface area (Å²) in [6, 6.07) is 4.02. The van der Waals surface area contributed by atoms with Gasteiger partial charge in [-0.2, -0.15) is 0 Å². The van der Waals surface area contributed by atoms with Crippen LogP contribution in [0.15, 0.2) is 22.6 Å². The van der Waals surface area contributed by atoms with Crippen molar-refractivity contribution < 1.29 is 14.0 Å². The number of primary amides is 1. The molecule has 2 amide bonds. The molecule has 0 radical (unpaired) electrons. The molecule has 0 bridgehead atoms. The predicted octanol–water partition coefficient (Wildman–Crippen LogP) is 2.53. The molecule has 5 nitrogen and oxygen atoms in total. The van der Waals surface area contributed by atoms with Crippen LogP contribution in [-0.2, 0) is 9.59 Å². The standard InChI is InChI=1S/C18H24N2O3/c1-11-9-15(11)16-7-5-14(23-16)6-8-17(21)20-10-13(18(19)22)4-3-12(20)2/h5-8,11-13,15H,3-4,9-10H2,1-2H3,(H2,19,22)/b8-6+/t11-,12+,13-,15+/m1/s1. The second-order valence-corrected chi connectivity index (χ2v) is 6.91. The van der Waals surface area contributed by atoms with Gasteiger partial charge < -0.3 is 15.1 Å². The molecule has 1 saturated carbocycles. The number of likely N-dealkylation sites (tertiary alicyclic amines) is 1. The summed E-state index contributed by atoms with van der Waals surface area (Å²) in [7, 11) is 0. The van der Waals surface area contributed by atoms with Crippen molar-refractivity contribution >= 4 is 17.9 Å². The number of hydrogen-bond acceptors (Lipinski definition) is 3. The highest BCUT2D eigenvalue weighted by atomic mass is 16.3. The summed E-state index contributed by atoms with van der Waals surface area (Å²) in [6.07, 6.45) is 5.97. The molecule has 1 aliphatic heterocycles. The zero-order valence-corrected chi connectivity index (χ0v) is 13.7. The third kappa shape index (κ3) is 3.49. The van der Waals surface area contributed by atoms with Gasteiger partial charge in [0.05, 0.1) is 5.92 Å². The van der Waals surface area contributed by atoms with E-state index in [0.717, 1.165) is 18.6 Å². The summed E-state index contributed by atoms with van der Waals surface area (Å²) in [6.45, 7) is 4.62. The average molecular weight is 316 g/mol. The largest absolute Gasteiger partial charge is 0.461 e. The Morgan fingerprint density at radius 1 is 1.30 bits per heavy atom. The Morgan fingerprint density at radius 2 is 2.04 bits per heavy atom. The molecule has 0 aromatic carbocycles. The van der Waals surface area contributed by atoms with Crippen molar-refractivity contribution in [1.29, 1.82) is 0 Å². The van der Waals surface area contributed by atoms with Gasteiger partial charge in [-0.25, -0.2) is 0 Å². The van der Waals surface area contributed by atoms with Crippen LogP contribution in [0, 0.1) is 11.8 Å². The summed E-state index contributed by atoms with van der Waals surface area (Å²) in [4.78, 5) is 25.5. The molecule has 1 saturated heterocycles. The fraction of sp³-hybridized carbons (Fsp3) is 0.556. The zero-order chi connectivity index (χ0) is 16.6. The number of amides is 2. The molecule has 0 unspecified atom stereocenters. The summed E-state index contributed by atoms with van der Waals surface area (Å²) >= 11 is 0. The number of rotatable bonds is 4. The Balaban J connectivity index is 1.63. The van der Waals surface area contributed by atoms with Gasteiger partial charge in [0.1, 0.15) is 11.5 Å². The number of furan rings is 1. The highest BCUT2D eigenvalue weighted by molar-refractivity contribution is 5.92. The van der Waals surface area contributed by atoms with E-state index in [4.69, 9.17) is 10.2 Å². The molecular weight excluding hydrogens is 292 g/mol. The third-order valence-electron chi connectivity index (χ3n) is 5.08. The number of carbonyl (C=O) groups excluding carboxylic acids is 2. The smallest absolute Gasteiger partial charge is 0.246 e. The molecule has 124 valence electrons. The maximum atomic E-state index is 12.4. The minimum Gasteiger partial charge on any atom is -0.461 e.